The van der Waals surface area contributed by atoms with Crippen LogP contribution in [-0.4, -0.2) is 25.6 Å². The lowest BCUT2D eigenvalue weighted by Crippen LogP contribution is -2.24. The quantitative estimate of drug-likeness (QED) is 0.395. The molecule has 0 saturated carbocycles. The van der Waals surface area contributed by atoms with Gasteiger partial charge in [-0.25, -0.2) is 0 Å². The molecule has 0 aliphatic carbocycles. The molecule has 132 valence electrons. The molecule has 2 aromatic carbocycles. The molecule has 10 heteroatoms. The molecule has 0 fully saturated rings. The van der Waals surface area contributed by atoms with Gasteiger partial charge in [0.05, 0.1) is 22.2 Å². The summed E-state index contributed by atoms with van der Waals surface area (Å²) in [6.07, 6.45) is 0. The second-order valence-electron chi connectivity index (χ2n) is 5.22. The Morgan fingerprint density at radius 1 is 1.27 bits per heavy atom. The van der Waals surface area contributed by atoms with Crippen LogP contribution >= 0.6 is 23.8 Å². The van der Waals surface area contributed by atoms with Crippen LogP contribution < -0.4 is 5.32 Å². The average Bonchev–Trinajstić information content (AvgIpc) is 3.00. The minimum absolute atomic E-state index is 0.0823. The lowest BCUT2D eigenvalue weighted by molar-refractivity contribution is -0.384. The van der Waals surface area contributed by atoms with E-state index in [9.17, 15) is 14.9 Å². The molecule has 0 atom stereocenters. The molecule has 8 nitrogen and oxygen atoms in total. The third kappa shape index (κ3) is 3.63. The number of amides is 1. The highest BCUT2D eigenvalue weighted by Gasteiger charge is 2.14. The molecule has 3 rings (SSSR count). The van der Waals surface area contributed by atoms with Crippen molar-refractivity contribution in [2.24, 2.45) is 0 Å². The monoisotopic (exact) mass is 389 g/mol. The number of benzene rings is 2. The first-order valence-electron chi connectivity index (χ1n) is 7.41. The summed E-state index contributed by atoms with van der Waals surface area (Å²) in [6.45, 7) is 0.0915. The summed E-state index contributed by atoms with van der Waals surface area (Å²) in [5, 5.41) is 20.7. The minimum atomic E-state index is -0.525. The Morgan fingerprint density at radius 2 is 1.96 bits per heavy atom. The Kier molecular flexibility index (Phi) is 5.10. The fourth-order valence-electron chi connectivity index (χ4n) is 2.33. The zero-order chi connectivity index (χ0) is 18.7. The summed E-state index contributed by atoms with van der Waals surface area (Å²) in [5.74, 6) is 0.0814. The van der Waals surface area contributed by atoms with Crippen molar-refractivity contribution in [2.75, 3.05) is 0 Å². The number of hydrogen-bond donors (Lipinski definition) is 2. The summed E-state index contributed by atoms with van der Waals surface area (Å²) in [4.78, 5) is 22.4. The number of nitrogens with one attached hydrogen (secondary N) is 2. The maximum atomic E-state index is 12.2. The number of carbonyl (C=O) groups excluding carboxylic acids is 1. The van der Waals surface area contributed by atoms with Gasteiger partial charge < -0.3 is 5.32 Å². The maximum Gasteiger partial charge on any atom is 0.269 e. The minimum Gasteiger partial charge on any atom is -0.345 e. The number of carbonyl (C=O) groups is 1. The van der Waals surface area contributed by atoms with Gasteiger partial charge in [0.15, 0.2) is 10.6 Å². The number of para-hydroxylation sites is 1. The number of non-ortho nitro benzene ring substituents is 1. The van der Waals surface area contributed by atoms with E-state index < -0.39 is 4.92 Å². The first kappa shape index (κ1) is 17.8. The van der Waals surface area contributed by atoms with Crippen LogP contribution in [0.25, 0.3) is 5.69 Å². The molecule has 0 unspecified atom stereocenters. The highest BCUT2D eigenvalue weighted by atomic mass is 35.5. The lowest BCUT2D eigenvalue weighted by Gasteiger charge is -2.09. The fourth-order valence-corrected chi connectivity index (χ4v) is 2.80. The Balaban J connectivity index is 1.78. The van der Waals surface area contributed by atoms with Gasteiger partial charge in [0.2, 0.25) is 0 Å². The van der Waals surface area contributed by atoms with E-state index in [-0.39, 0.29) is 18.1 Å². The Bertz CT molecular complexity index is 1030. The van der Waals surface area contributed by atoms with E-state index in [1.807, 2.05) is 6.07 Å². The van der Waals surface area contributed by atoms with E-state index in [2.05, 4.69) is 15.5 Å². The molecule has 1 heterocycles. The molecule has 0 bridgehead atoms. The summed E-state index contributed by atoms with van der Waals surface area (Å²) in [7, 11) is 0. The van der Waals surface area contributed by atoms with E-state index in [0.29, 0.717) is 26.9 Å². The molecule has 3 aromatic rings. The van der Waals surface area contributed by atoms with Crippen LogP contribution in [0.3, 0.4) is 0 Å². The highest BCUT2D eigenvalue weighted by Crippen LogP contribution is 2.21. The smallest absolute Gasteiger partial charge is 0.269 e. The normalized spacial score (nSPS) is 10.5. The van der Waals surface area contributed by atoms with Crippen LogP contribution in [0.4, 0.5) is 5.69 Å². The largest absolute Gasteiger partial charge is 0.345 e. The average molecular weight is 390 g/mol. The van der Waals surface area contributed by atoms with E-state index in [0.717, 1.165) is 0 Å². The lowest BCUT2D eigenvalue weighted by atomic mass is 10.2. The third-order valence-corrected chi connectivity index (χ3v) is 4.18. The van der Waals surface area contributed by atoms with Crippen molar-refractivity contribution >= 4 is 35.4 Å². The van der Waals surface area contributed by atoms with Crippen LogP contribution in [0.2, 0.25) is 5.02 Å². The molecule has 0 radical (unpaired) electrons. The van der Waals surface area contributed by atoms with E-state index in [1.54, 1.807) is 22.8 Å². The SMILES string of the molecule is O=C(NCc1n[nH]c(=S)n1-c1ccccc1Cl)c1ccc([N+](=O)[O-])cc1. The number of nitro groups is 1. The predicted molar refractivity (Wildman–Crippen MR) is 98.0 cm³/mol. The molecule has 0 saturated heterocycles. The molecular formula is C16H12ClN5O3S. The number of aromatic nitrogens is 3. The molecule has 1 aromatic heterocycles. The Morgan fingerprint density at radius 3 is 2.62 bits per heavy atom. The van der Waals surface area contributed by atoms with Crippen LogP contribution in [0, 0.1) is 14.9 Å². The van der Waals surface area contributed by atoms with E-state index >= 15 is 0 Å². The Labute approximate surface area is 157 Å². The van der Waals surface area contributed by atoms with Gasteiger partial charge in [-0.1, -0.05) is 23.7 Å². The first-order valence-corrected chi connectivity index (χ1v) is 8.20. The van der Waals surface area contributed by atoms with Crippen LogP contribution in [0.1, 0.15) is 16.2 Å². The van der Waals surface area contributed by atoms with Crippen molar-refractivity contribution in [3.8, 4) is 5.69 Å². The topological polar surface area (TPSA) is 106 Å². The summed E-state index contributed by atoms with van der Waals surface area (Å²) in [5.41, 5.74) is 0.864. The Hall–Kier alpha value is -3.04. The van der Waals surface area contributed by atoms with Crippen LogP contribution in [0.15, 0.2) is 48.5 Å². The van der Waals surface area contributed by atoms with Gasteiger partial charge in [-0.3, -0.25) is 24.6 Å². The molecule has 26 heavy (non-hydrogen) atoms. The number of H-pyrrole nitrogens is 1. The number of nitrogens with zero attached hydrogens (tertiary/aromatic N) is 3. The van der Waals surface area contributed by atoms with Crippen molar-refractivity contribution in [2.45, 2.75) is 6.54 Å². The zero-order valence-corrected chi connectivity index (χ0v) is 14.8. The molecule has 2 N–H and O–H groups in total. The molecule has 0 aliphatic rings. The van der Waals surface area contributed by atoms with Crippen LogP contribution in [0.5, 0.6) is 0 Å². The van der Waals surface area contributed by atoms with Gasteiger partial charge >= 0.3 is 0 Å². The highest BCUT2D eigenvalue weighted by molar-refractivity contribution is 7.71. The first-order chi connectivity index (χ1) is 12.5. The summed E-state index contributed by atoms with van der Waals surface area (Å²) >= 11 is 11.4. The predicted octanol–water partition coefficient (Wildman–Crippen LogP) is 3.42. The number of halogens is 1. The van der Waals surface area contributed by atoms with E-state index in [1.165, 1.54) is 24.3 Å². The van der Waals surface area contributed by atoms with Crippen molar-refractivity contribution in [3.05, 3.63) is 79.8 Å². The van der Waals surface area contributed by atoms with Gasteiger partial charge in [0.25, 0.3) is 11.6 Å². The maximum absolute atomic E-state index is 12.2. The summed E-state index contributed by atoms with van der Waals surface area (Å²) in [6, 6.07) is 12.4. The third-order valence-electron chi connectivity index (χ3n) is 3.58. The zero-order valence-electron chi connectivity index (χ0n) is 13.2. The number of nitro benzene ring substituents is 1. The van der Waals surface area contributed by atoms with Crippen molar-refractivity contribution in [3.63, 3.8) is 0 Å². The second-order valence-corrected chi connectivity index (χ2v) is 6.01. The standard InChI is InChI=1S/C16H12ClN5O3S/c17-12-3-1-2-4-13(12)21-14(19-20-16(21)26)9-18-15(23)10-5-7-11(8-6-10)22(24)25/h1-8H,9H2,(H,18,23)(H,20,26). The van der Waals surface area contributed by atoms with Gasteiger partial charge in [0, 0.05) is 17.7 Å². The van der Waals surface area contributed by atoms with Crippen LogP contribution in [-0.2, 0) is 6.54 Å². The number of rotatable bonds is 5. The molecular weight excluding hydrogens is 378 g/mol. The van der Waals surface area contributed by atoms with Crippen molar-refractivity contribution in [1.82, 2.24) is 20.1 Å². The van der Waals surface area contributed by atoms with Gasteiger partial charge in [-0.2, -0.15) is 5.10 Å². The molecule has 0 spiro atoms. The number of hydrogen-bond acceptors (Lipinski definition) is 5. The second kappa shape index (κ2) is 7.46. The van der Waals surface area contributed by atoms with Crippen molar-refractivity contribution in [1.29, 1.82) is 0 Å². The van der Waals surface area contributed by atoms with Gasteiger partial charge in [0.1, 0.15) is 0 Å². The fraction of sp³-hybridized carbons (Fsp3) is 0.0625. The number of aromatic amines is 1. The summed E-state index contributed by atoms with van der Waals surface area (Å²) < 4.78 is 1.98. The van der Waals surface area contributed by atoms with E-state index in [4.69, 9.17) is 23.8 Å². The molecule has 0 aliphatic heterocycles. The van der Waals surface area contributed by atoms with Gasteiger partial charge in [-0.15, -0.1) is 0 Å². The molecule has 1 amide bonds. The van der Waals surface area contributed by atoms with Gasteiger partial charge in [-0.05, 0) is 36.5 Å². The van der Waals surface area contributed by atoms with Crippen molar-refractivity contribution < 1.29 is 9.72 Å².